The van der Waals surface area contributed by atoms with E-state index in [0.717, 1.165) is 12.2 Å². The third-order valence-corrected chi connectivity index (χ3v) is 4.85. The van der Waals surface area contributed by atoms with Crippen LogP contribution < -0.4 is 5.32 Å². The van der Waals surface area contributed by atoms with Crippen LogP contribution in [0.3, 0.4) is 0 Å². The average molecular weight is 280 g/mol. The summed E-state index contributed by atoms with van der Waals surface area (Å²) >= 11 is 1.84. The summed E-state index contributed by atoms with van der Waals surface area (Å²) in [6, 6.07) is 3.08. The van der Waals surface area contributed by atoms with Gasteiger partial charge in [-0.3, -0.25) is 10.1 Å². The van der Waals surface area contributed by atoms with Crippen molar-refractivity contribution in [3.8, 4) is 0 Å². The fourth-order valence-corrected chi connectivity index (χ4v) is 2.72. The van der Waals surface area contributed by atoms with E-state index >= 15 is 0 Å². The van der Waals surface area contributed by atoms with Gasteiger partial charge in [0.05, 0.1) is 10.6 Å². The molecule has 0 atom stereocenters. The van der Waals surface area contributed by atoms with Gasteiger partial charge < -0.3 is 5.32 Å². The summed E-state index contributed by atoms with van der Waals surface area (Å²) < 4.78 is 4.92. The Morgan fingerprint density at radius 2 is 2.21 bits per heavy atom. The van der Waals surface area contributed by atoms with Crippen LogP contribution in [0, 0.1) is 10.1 Å². The minimum atomic E-state index is -0.486. The number of fused-ring (bicyclic) bond motifs is 1. The first-order chi connectivity index (χ1) is 9.15. The highest BCUT2D eigenvalue weighted by Gasteiger charge is 2.41. The van der Waals surface area contributed by atoms with Crippen LogP contribution >= 0.6 is 11.8 Å². The van der Waals surface area contributed by atoms with Gasteiger partial charge in [-0.25, -0.2) is 4.63 Å². The summed E-state index contributed by atoms with van der Waals surface area (Å²) in [6.07, 6.45) is 4.47. The molecule has 0 amide bonds. The highest BCUT2D eigenvalue weighted by Crippen LogP contribution is 2.47. The van der Waals surface area contributed by atoms with E-state index in [1.165, 1.54) is 18.9 Å². The monoisotopic (exact) mass is 280 g/mol. The Hall–Kier alpha value is -1.83. The molecule has 1 aliphatic rings. The Morgan fingerprint density at radius 1 is 1.47 bits per heavy atom. The Kier molecular flexibility index (Phi) is 2.81. The number of anilines is 1. The maximum Gasteiger partial charge on any atom is 0.300 e. The number of nitro groups is 1. The highest BCUT2D eigenvalue weighted by molar-refractivity contribution is 8.00. The zero-order valence-electron chi connectivity index (χ0n) is 10.3. The fourth-order valence-electron chi connectivity index (χ4n) is 1.99. The largest absolute Gasteiger partial charge is 0.382 e. The Labute approximate surface area is 112 Å². The molecule has 1 heterocycles. The quantitative estimate of drug-likeness (QED) is 0.664. The van der Waals surface area contributed by atoms with Gasteiger partial charge in [0.1, 0.15) is 0 Å². The minimum absolute atomic E-state index is 0.0900. The molecular weight excluding hydrogens is 268 g/mol. The van der Waals surface area contributed by atoms with E-state index in [1.54, 1.807) is 6.07 Å². The van der Waals surface area contributed by atoms with Gasteiger partial charge in [-0.15, -0.1) is 0 Å². The van der Waals surface area contributed by atoms with Crippen LogP contribution in [-0.4, -0.2) is 32.8 Å². The lowest BCUT2D eigenvalue weighted by molar-refractivity contribution is -0.383. The lowest BCUT2D eigenvalue weighted by Gasteiger charge is -2.13. The molecule has 0 aliphatic heterocycles. The molecule has 0 bridgehead atoms. The molecule has 8 heteroatoms. The minimum Gasteiger partial charge on any atom is -0.382 e. The second-order valence-corrected chi connectivity index (χ2v) is 5.87. The van der Waals surface area contributed by atoms with E-state index in [4.69, 9.17) is 0 Å². The molecule has 3 rings (SSSR count). The number of hydrogen-bond donors (Lipinski definition) is 1. The molecule has 100 valence electrons. The van der Waals surface area contributed by atoms with Gasteiger partial charge in [-0.2, -0.15) is 11.8 Å². The molecule has 0 saturated heterocycles. The van der Waals surface area contributed by atoms with E-state index in [-0.39, 0.29) is 11.2 Å². The molecule has 7 nitrogen and oxygen atoms in total. The van der Waals surface area contributed by atoms with Gasteiger partial charge in [-0.1, -0.05) is 0 Å². The van der Waals surface area contributed by atoms with Crippen LogP contribution in [0.15, 0.2) is 16.8 Å². The predicted molar refractivity (Wildman–Crippen MR) is 72.4 cm³/mol. The van der Waals surface area contributed by atoms with E-state index in [0.29, 0.717) is 10.3 Å². The number of benzene rings is 1. The van der Waals surface area contributed by atoms with E-state index in [2.05, 4.69) is 26.5 Å². The van der Waals surface area contributed by atoms with E-state index < -0.39 is 4.92 Å². The maximum atomic E-state index is 10.9. The molecule has 1 aromatic carbocycles. The third kappa shape index (κ3) is 2.12. The van der Waals surface area contributed by atoms with Gasteiger partial charge in [0, 0.05) is 17.4 Å². The molecule has 0 unspecified atom stereocenters. The second kappa shape index (κ2) is 4.37. The molecule has 19 heavy (non-hydrogen) atoms. The second-order valence-electron chi connectivity index (χ2n) is 4.59. The van der Waals surface area contributed by atoms with Gasteiger partial charge in [0.25, 0.3) is 0 Å². The number of thioether (sulfide) groups is 1. The average Bonchev–Trinajstić information content (AvgIpc) is 3.02. The highest BCUT2D eigenvalue weighted by atomic mass is 32.2. The number of non-ortho nitro benzene ring substituents is 1. The number of nitrogens with one attached hydrogen (secondary N) is 1. The summed E-state index contributed by atoms with van der Waals surface area (Å²) in [5.41, 5.74) is 1.23. The van der Waals surface area contributed by atoms with Gasteiger partial charge in [0.15, 0.2) is 5.52 Å². The zero-order valence-corrected chi connectivity index (χ0v) is 11.1. The Morgan fingerprint density at radius 3 is 2.84 bits per heavy atom. The van der Waals surface area contributed by atoms with Crippen molar-refractivity contribution in [2.75, 3.05) is 18.1 Å². The van der Waals surface area contributed by atoms with Crippen LogP contribution in [0.4, 0.5) is 11.4 Å². The molecule has 1 aromatic heterocycles. The van der Waals surface area contributed by atoms with E-state index in [1.807, 2.05) is 11.8 Å². The topological polar surface area (TPSA) is 94.1 Å². The zero-order chi connectivity index (χ0) is 13.5. The summed E-state index contributed by atoms with van der Waals surface area (Å²) in [7, 11) is 0. The van der Waals surface area contributed by atoms with Crippen molar-refractivity contribution < 1.29 is 9.55 Å². The first kappa shape index (κ1) is 12.2. The lowest BCUT2D eigenvalue weighted by Crippen LogP contribution is -2.17. The first-order valence-electron chi connectivity index (χ1n) is 5.84. The smallest absolute Gasteiger partial charge is 0.300 e. The predicted octanol–water partition coefficient (Wildman–Crippen LogP) is 2.44. The molecule has 1 N–H and O–H groups in total. The van der Waals surface area contributed by atoms with Crippen LogP contribution in [0.2, 0.25) is 0 Å². The standard InChI is InChI=1S/C11H12N4O3S/c1-19-11(4-5-11)6-12-7-2-3-8(15(16)17)10-9(7)13-18-14-10/h2-3,12H,4-6H2,1H3. The van der Waals surface area contributed by atoms with Gasteiger partial charge in [-0.05, 0) is 35.5 Å². The lowest BCUT2D eigenvalue weighted by atomic mass is 10.2. The summed E-state index contributed by atoms with van der Waals surface area (Å²) in [4.78, 5) is 10.4. The Bertz CT molecular complexity index is 638. The number of hydrogen-bond acceptors (Lipinski definition) is 7. The number of rotatable bonds is 5. The number of aromatic nitrogens is 2. The Balaban J connectivity index is 1.90. The molecule has 0 radical (unpaired) electrons. The summed E-state index contributed by atoms with van der Waals surface area (Å²) in [5, 5.41) is 21.5. The van der Waals surface area contributed by atoms with Crippen molar-refractivity contribution >= 4 is 34.2 Å². The van der Waals surface area contributed by atoms with Crippen molar-refractivity contribution in [2.24, 2.45) is 0 Å². The number of nitrogens with zero attached hydrogens (tertiary/aromatic N) is 3. The number of nitro benzene ring substituents is 1. The van der Waals surface area contributed by atoms with Crippen molar-refractivity contribution in [1.82, 2.24) is 10.3 Å². The summed E-state index contributed by atoms with van der Waals surface area (Å²) in [5.74, 6) is 0. The fraction of sp³-hybridized carbons (Fsp3) is 0.455. The van der Waals surface area contributed by atoms with Gasteiger partial charge >= 0.3 is 5.69 Å². The van der Waals surface area contributed by atoms with Crippen molar-refractivity contribution in [3.05, 3.63) is 22.2 Å². The van der Waals surface area contributed by atoms with Crippen molar-refractivity contribution in [2.45, 2.75) is 17.6 Å². The molecular formula is C11H12N4O3S. The first-order valence-corrected chi connectivity index (χ1v) is 7.06. The summed E-state index contributed by atoms with van der Waals surface area (Å²) in [6.45, 7) is 0.813. The van der Waals surface area contributed by atoms with Crippen molar-refractivity contribution in [1.29, 1.82) is 0 Å². The normalized spacial score (nSPS) is 16.5. The maximum absolute atomic E-state index is 10.9. The molecule has 2 aromatic rings. The SMILES string of the molecule is CSC1(CNc2ccc([N+](=O)[O-])c3nonc23)CC1. The molecule has 1 saturated carbocycles. The van der Waals surface area contributed by atoms with E-state index in [9.17, 15) is 10.1 Å². The van der Waals surface area contributed by atoms with Crippen molar-refractivity contribution in [3.63, 3.8) is 0 Å². The van der Waals surface area contributed by atoms with Crippen LogP contribution in [0.25, 0.3) is 11.0 Å². The van der Waals surface area contributed by atoms with Gasteiger partial charge in [0.2, 0.25) is 5.52 Å². The molecule has 0 spiro atoms. The molecule has 1 fully saturated rings. The third-order valence-electron chi connectivity index (χ3n) is 3.43. The van der Waals surface area contributed by atoms with Crippen LogP contribution in [0.5, 0.6) is 0 Å². The van der Waals surface area contributed by atoms with Crippen LogP contribution in [0.1, 0.15) is 12.8 Å². The van der Waals surface area contributed by atoms with Crippen LogP contribution in [-0.2, 0) is 0 Å². The molecule has 1 aliphatic carbocycles.